The minimum absolute atomic E-state index is 0.134. The third kappa shape index (κ3) is 4.77. The Morgan fingerprint density at radius 1 is 1.64 bits per heavy atom. The van der Waals surface area contributed by atoms with Gasteiger partial charge in [-0.25, -0.2) is 0 Å². The van der Waals surface area contributed by atoms with Crippen LogP contribution in [0.25, 0.3) is 0 Å². The molecule has 0 aliphatic rings. The molecule has 0 aliphatic carbocycles. The molecule has 0 aromatic heterocycles. The highest BCUT2D eigenvalue weighted by Crippen LogP contribution is 2.11. The first-order valence-electron chi connectivity index (χ1n) is 3.76. The molecule has 3 heteroatoms. The van der Waals surface area contributed by atoms with E-state index in [1.807, 2.05) is 13.8 Å². The van der Waals surface area contributed by atoms with Crippen molar-refractivity contribution < 1.29 is 5.11 Å². The number of aliphatic hydroxyl groups excluding tert-OH is 1. The monoisotopic (exact) mass is 156 g/mol. The first kappa shape index (κ1) is 10.4. The van der Waals surface area contributed by atoms with Crippen molar-refractivity contribution in [1.82, 2.24) is 5.32 Å². The van der Waals surface area contributed by atoms with Crippen LogP contribution in [0, 0.1) is 16.7 Å². The van der Waals surface area contributed by atoms with Crippen LogP contribution in [-0.4, -0.2) is 24.3 Å². The summed E-state index contributed by atoms with van der Waals surface area (Å²) in [4.78, 5) is 0. The molecule has 0 rings (SSSR count). The maximum absolute atomic E-state index is 8.86. The number of hydrogen-bond donors (Lipinski definition) is 2. The van der Waals surface area contributed by atoms with E-state index in [2.05, 4.69) is 11.4 Å². The molecule has 0 radical (unpaired) electrons. The van der Waals surface area contributed by atoms with Crippen molar-refractivity contribution in [1.29, 1.82) is 5.26 Å². The molecule has 11 heavy (non-hydrogen) atoms. The van der Waals surface area contributed by atoms with Crippen molar-refractivity contribution in [2.45, 2.75) is 26.8 Å². The summed E-state index contributed by atoms with van der Waals surface area (Å²) in [5.41, 5.74) is -0.134. The van der Waals surface area contributed by atoms with Gasteiger partial charge in [-0.05, 0) is 6.92 Å². The van der Waals surface area contributed by atoms with Gasteiger partial charge in [0.2, 0.25) is 0 Å². The zero-order chi connectivity index (χ0) is 8.91. The zero-order valence-electron chi connectivity index (χ0n) is 7.39. The molecule has 2 N–H and O–H groups in total. The first-order valence-corrected chi connectivity index (χ1v) is 3.76. The molecule has 1 unspecified atom stereocenters. The van der Waals surface area contributed by atoms with E-state index in [-0.39, 0.29) is 18.1 Å². The van der Waals surface area contributed by atoms with Crippen LogP contribution in [0.5, 0.6) is 0 Å². The van der Waals surface area contributed by atoms with Gasteiger partial charge in [0.1, 0.15) is 0 Å². The van der Waals surface area contributed by atoms with Gasteiger partial charge in [-0.1, -0.05) is 13.8 Å². The van der Waals surface area contributed by atoms with Crippen molar-refractivity contribution in [3.05, 3.63) is 0 Å². The molecule has 0 fully saturated rings. The third-order valence-electron chi connectivity index (χ3n) is 1.51. The highest BCUT2D eigenvalue weighted by Gasteiger charge is 2.16. The average molecular weight is 156 g/mol. The summed E-state index contributed by atoms with van der Waals surface area (Å²) in [6, 6.07) is 1.93. The predicted molar refractivity (Wildman–Crippen MR) is 43.9 cm³/mol. The molecular formula is C8H16N2O. The van der Waals surface area contributed by atoms with Crippen LogP contribution < -0.4 is 5.32 Å². The molecule has 0 spiro atoms. The van der Waals surface area contributed by atoms with E-state index >= 15 is 0 Å². The standard InChI is InChI=1S/C8H16N2O/c1-7(4-9)10-5-8(2,3)6-11/h7,10-11H,5-6H2,1-3H3. The van der Waals surface area contributed by atoms with Gasteiger partial charge < -0.3 is 10.4 Å². The lowest BCUT2D eigenvalue weighted by Crippen LogP contribution is -2.36. The molecule has 0 aliphatic heterocycles. The van der Waals surface area contributed by atoms with E-state index in [1.165, 1.54) is 0 Å². The number of nitriles is 1. The van der Waals surface area contributed by atoms with E-state index in [9.17, 15) is 0 Å². The van der Waals surface area contributed by atoms with E-state index in [0.717, 1.165) is 0 Å². The topological polar surface area (TPSA) is 56.0 Å². The summed E-state index contributed by atoms with van der Waals surface area (Å²) < 4.78 is 0. The Labute approximate surface area is 68.0 Å². The number of hydrogen-bond acceptors (Lipinski definition) is 3. The van der Waals surface area contributed by atoms with Crippen molar-refractivity contribution in [2.75, 3.05) is 13.2 Å². The van der Waals surface area contributed by atoms with Gasteiger partial charge in [-0.3, -0.25) is 0 Å². The Kier molecular flexibility index (Phi) is 4.09. The maximum Gasteiger partial charge on any atom is 0.0924 e. The van der Waals surface area contributed by atoms with Crippen molar-refractivity contribution >= 4 is 0 Å². The number of nitrogens with zero attached hydrogens (tertiary/aromatic N) is 1. The van der Waals surface area contributed by atoms with Crippen LogP contribution in [0.3, 0.4) is 0 Å². The van der Waals surface area contributed by atoms with Crippen molar-refractivity contribution in [2.24, 2.45) is 5.41 Å². The summed E-state index contributed by atoms with van der Waals surface area (Å²) >= 11 is 0. The summed E-state index contributed by atoms with van der Waals surface area (Å²) in [6.45, 7) is 6.50. The molecule has 0 bridgehead atoms. The lowest BCUT2D eigenvalue weighted by molar-refractivity contribution is 0.156. The van der Waals surface area contributed by atoms with Crippen LogP contribution in [0.2, 0.25) is 0 Å². The fourth-order valence-corrected chi connectivity index (χ4v) is 0.531. The van der Waals surface area contributed by atoms with E-state index in [1.54, 1.807) is 6.92 Å². The van der Waals surface area contributed by atoms with Gasteiger partial charge in [0, 0.05) is 18.6 Å². The number of nitrogens with one attached hydrogen (secondary N) is 1. The predicted octanol–water partition coefficient (Wildman–Crippen LogP) is 0.507. The highest BCUT2D eigenvalue weighted by atomic mass is 16.3. The fraction of sp³-hybridized carbons (Fsp3) is 0.875. The second-order valence-corrected chi connectivity index (χ2v) is 3.55. The fourth-order valence-electron chi connectivity index (χ4n) is 0.531. The average Bonchev–Trinajstić information content (AvgIpc) is 2.00. The Morgan fingerprint density at radius 3 is 2.55 bits per heavy atom. The van der Waals surface area contributed by atoms with Gasteiger partial charge in [0.05, 0.1) is 12.1 Å². The van der Waals surface area contributed by atoms with Crippen molar-refractivity contribution in [3.63, 3.8) is 0 Å². The Bertz CT molecular complexity index is 149. The summed E-state index contributed by atoms with van der Waals surface area (Å²) in [7, 11) is 0. The quantitative estimate of drug-likeness (QED) is 0.623. The lowest BCUT2D eigenvalue weighted by Gasteiger charge is -2.22. The third-order valence-corrected chi connectivity index (χ3v) is 1.51. The van der Waals surface area contributed by atoms with Crippen LogP contribution in [-0.2, 0) is 0 Å². The minimum Gasteiger partial charge on any atom is -0.396 e. The zero-order valence-corrected chi connectivity index (χ0v) is 7.39. The van der Waals surface area contributed by atoms with Crippen molar-refractivity contribution in [3.8, 4) is 6.07 Å². The summed E-state index contributed by atoms with van der Waals surface area (Å²) in [5, 5.41) is 20.3. The van der Waals surface area contributed by atoms with Crippen LogP contribution in [0.15, 0.2) is 0 Å². The van der Waals surface area contributed by atoms with E-state index in [4.69, 9.17) is 10.4 Å². The SMILES string of the molecule is CC(C#N)NCC(C)(C)CO. The normalized spacial score (nSPS) is 14.1. The molecule has 64 valence electrons. The van der Waals surface area contributed by atoms with Gasteiger partial charge in [0.15, 0.2) is 0 Å². The highest BCUT2D eigenvalue weighted by molar-refractivity contribution is 4.86. The Hall–Kier alpha value is -0.590. The van der Waals surface area contributed by atoms with Crippen LogP contribution >= 0.6 is 0 Å². The molecule has 3 nitrogen and oxygen atoms in total. The second kappa shape index (κ2) is 4.32. The smallest absolute Gasteiger partial charge is 0.0924 e. The summed E-state index contributed by atoms with van der Waals surface area (Å²) in [6.07, 6.45) is 0. The lowest BCUT2D eigenvalue weighted by atomic mass is 9.95. The van der Waals surface area contributed by atoms with Gasteiger partial charge in [-0.15, -0.1) is 0 Å². The molecule has 0 amide bonds. The van der Waals surface area contributed by atoms with E-state index < -0.39 is 0 Å². The first-order chi connectivity index (χ1) is 5.02. The Balaban J connectivity index is 3.63. The molecule has 0 saturated carbocycles. The van der Waals surface area contributed by atoms with Crippen LogP contribution in [0.1, 0.15) is 20.8 Å². The molecular weight excluding hydrogens is 140 g/mol. The molecule has 1 atom stereocenters. The number of rotatable bonds is 4. The molecule has 0 aromatic carbocycles. The minimum atomic E-state index is -0.138. The molecule has 0 saturated heterocycles. The maximum atomic E-state index is 8.86. The molecule has 0 heterocycles. The number of aliphatic hydroxyl groups is 1. The molecule has 0 aromatic rings. The van der Waals surface area contributed by atoms with Gasteiger partial charge in [0.25, 0.3) is 0 Å². The Morgan fingerprint density at radius 2 is 2.18 bits per heavy atom. The van der Waals surface area contributed by atoms with Gasteiger partial charge in [-0.2, -0.15) is 5.26 Å². The van der Waals surface area contributed by atoms with Crippen LogP contribution in [0.4, 0.5) is 0 Å². The summed E-state index contributed by atoms with van der Waals surface area (Å²) in [5.74, 6) is 0. The van der Waals surface area contributed by atoms with Gasteiger partial charge >= 0.3 is 0 Å². The second-order valence-electron chi connectivity index (χ2n) is 3.55. The van der Waals surface area contributed by atoms with E-state index in [0.29, 0.717) is 6.54 Å². The largest absolute Gasteiger partial charge is 0.396 e.